The van der Waals surface area contributed by atoms with E-state index in [0.717, 1.165) is 31.6 Å². The van der Waals surface area contributed by atoms with Gasteiger partial charge in [0.2, 0.25) is 0 Å². The van der Waals surface area contributed by atoms with E-state index < -0.39 is 0 Å². The lowest BCUT2D eigenvalue weighted by Gasteiger charge is -2.35. The Morgan fingerprint density at radius 3 is 2.37 bits per heavy atom. The molecule has 1 aromatic rings. The molecule has 19 heavy (non-hydrogen) atoms. The Morgan fingerprint density at radius 2 is 1.84 bits per heavy atom. The third-order valence-corrected chi connectivity index (χ3v) is 3.83. The van der Waals surface area contributed by atoms with Gasteiger partial charge in [-0.1, -0.05) is 11.6 Å². The highest BCUT2D eigenvalue weighted by molar-refractivity contribution is 6.30. The minimum absolute atomic E-state index is 0.0282. The molecule has 1 saturated heterocycles. The van der Waals surface area contributed by atoms with Gasteiger partial charge in [0, 0.05) is 29.8 Å². The summed E-state index contributed by atoms with van der Waals surface area (Å²) in [6.07, 6.45) is 2.06. The van der Waals surface area contributed by atoms with Gasteiger partial charge in [-0.25, -0.2) is 4.79 Å². The first-order chi connectivity index (χ1) is 9.06. The van der Waals surface area contributed by atoms with E-state index in [2.05, 4.69) is 24.3 Å². The highest BCUT2D eigenvalue weighted by Crippen LogP contribution is 2.17. The number of hydrogen-bond donors (Lipinski definition) is 1. The second-order valence-electron chi connectivity index (χ2n) is 5.12. The van der Waals surface area contributed by atoms with Gasteiger partial charge in [-0.2, -0.15) is 0 Å². The molecule has 2 rings (SSSR count). The summed E-state index contributed by atoms with van der Waals surface area (Å²) in [6, 6.07) is 7.73. The summed E-state index contributed by atoms with van der Waals surface area (Å²) in [7, 11) is 4.18. The summed E-state index contributed by atoms with van der Waals surface area (Å²) in [5.74, 6) is 0. The molecule has 1 heterocycles. The van der Waals surface area contributed by atoms with Crippen LogP contribution < -0.4 is 5.32 Å². The van der Waals surface area contributed by atoms with Crippen LogP contribution in [-0.2, 0) is 0 Å². The van der Waals surface area contributed by atoms with Gasteiger partial charge < -0.3 is 15.1 Å². The van der Waals surface area contributed by atoms with Crippen molar-refractivity contribution in [1.29, 1.82) is 0 Å². The average molecular weight is 282 g/mol. The van der Waals surface area contributed by atoms with E-state index in [1.807, 2.05) is 17.0 Å². The zero-order valence-corrected chi connectivity index (χ0v) is 12.2. The van der Waals surface area contributed by atoms with E-state index in [0.29, 0.717) is 11.1 Å². The lowest BCUT2D eigenvalue weighted by Crippen LogP contribution is -2.45. The van der Waals surface area contributed by atoms with Gasteiger partial charge in [-0.3, -0.25) is 0 Å². The van der Waals surface area contributed by atoms with Gasteiger partial charge in [-0.05, 0) is 51.2 Å². The molecule has 1 aromatic carbocycles. The number of urea groups is 1. The summed E-state index contributed by atoms with van der Waals surface area (Å²) in [6.45, 7) is 1.62. The monoisotopic (exact) mass is 281 g/mol. The van der Waals surface area contributed by atoms with Crippen molar-refractivity contribution >= 4 is 23.3 Å². The SMILES string of the molecule is CN(C)C1CCN(C(=O)Nc2ccc(Cl)cc2)CC1. The van der Waals surface area contributed by atoms with Gasteiger partial charge >= 0.3 is 6.03 Å². The molecule has 1 aliphatic rings. The van der Waals surface area contributed by atoms with Crippen LogP contribution in [0.4, 0.5) is 10.5 Å². The predicted molar refractivity (Wildman–Crippen MR) is 78.8 cm³/mol. The number of rotatable bonds is 2. The van der Waals surface area contributed by atoms with Gasteiger partial charge in [-0.15, -0.1) is 0 Å². The van der Waals surface area contributed by atoms with Crippen LogP contribution in [-0.4, -0.2) is 49.1 Å². The van der Waals surface area contributed by atoms with Crippen LogP contribution in [0, 0.1) is 0 Å². The van der Waals surface area contributed by atoms with Crippen molar-refractivity contribution < 1.29 is 4.79 Å². The molecule has 0 unspecified atom stereocenters. The fourth-order valence-corrected chi connectivity index (χ4v) is 2.45. The number of carbonyl (C=O) groups is 1. The van der Waals surface area contributed by atoms with E-state index in [1.54, 1.807) is 12.1 Å². The number of likely N-dealkylation sites (tertiary alicyclic amines) is 1. The molecule has 0 spiro atoms. The van der Waals surface area contributed by atoms with Gasteiger partial charge in [0.15, 0.2) is 0 Å². The highest BCUT2D eigenvalue weighted by Gasteiger charge is 2.23. The molecule has 1 N–H and O–H groups in total. The lowest BCUT2D eigenvalue weighted by atomic mass is 10.0. The topological polar surface area (TPSA) is 35.6 Å². The third-order valence-electron chi connectivity index (χ3n) is 3.58. The Labute approximate surface area is 119 Å². The number of piperidine rings is 1. The number of anilines is 1. The van der Waals surface area contributed by atoms with E-state index in [9.17, 15) is 4.79 Å². The van der Waals surface area contributed by atoms with Crippen molar-refractivity contribution in [3.63, 3.8) is 0 Å². The number of hydrogen-bond acceptors (Lipinski definition) is 2. The molecule has 0 saturated carbocycles. The number of benzene rings is 1. The summed E-state index contributed by atoms with van der Waals surface area (Å²) in [5.41, 5.74) is 0.782. The van der Waals surface area contributed by atoms with E-state index >= 15 is 0 Å². The van der Waals surface area contributed by atoms with Crippen LogP contribution in [0.25, 0.3) is 0 Å². The molecule has 1 fully saturated rings. The first-order valence-corrected chi connectivity index (χ1v) is 6.92. The second kappa shape index (κ2) is 6.26. The smallest absolute Gasteiger partial charge is 0.321 e. The van der Waals surface area contributed by atoms with E-state index in [4.69, 9.17) is 11.6 Å². The first kappa shape index (κ1) is 14.2. The van der Waals surface area contributed by atoms with Crippen LogP contribution in [0.15, 0.2) is 24.3 Å². The van der Waals surface area contributed by atoms with Crippen molar-refractivity contribution in [3.05, 3.63) is 29.3 Å². The molecule has 0 aliphatic carbocycles. The van der Waals surface area contributed by atoms with Gasteiger partial charge in [0.05, 0.1) is 0 Å². The molecule has 2 amide bonds. The van der Waals surface area contributed by atoms with E-state index in [1.165, 1.54) is 0 Å². The quantitative estimate of drug-likeness (QED) is 0.905. The molecule has 4 nitrogen and oxygen atoms in total. The highest BCUT2D eigenvalue weighted by atomic mass is 35.5. The maximum atomic E-state index is 12.1. The maximum Gasteiger partial charge on any atom is 0.321 e. The summed E-state index contributed by atoms with van der Waals surface area (Å²) >= 11 is 5.81. The van der Waals surface area contributed by atoms with Gasteiger partial charge in [0.25, 0.3) is 0 Å². The first-order valence-electron chi connectivity index (χ1n) is 6.54. The second-order valence-corrected chi connectivity index (χ2v) is 5.56. The van der Waals surface area contributed by atoms with Crippen molar-refractivity contribution in [2.45, 2.75) is 18.9 Å². The summed E-state index contributed by atoms with van der Waals surface area (Å²) in [4.78, 5) is 16.2. The zero-order valence-electron chi connectivity index (χ0n) is 11.4. The number of nitrogens with zero attached hydrogens (tertiary/aromatic N) is 2. The molecule has 0 atom stereocenters. The van der Waals surface area contributed by atoms with Crippen LogP contribution >= 0.6 is 11.6 Å². The Kier molecular flexibility index (Phi) is 4.66. The molecule has 104 valence electrons. The molecular formula is C14H20ClN3O. The molecule has 0 radical (unpaired) electrons. The van der Waals surface area contributed by atoms with Crippen LogP contribution in [0.5, 0.6) is 0 Å². The zero-order chi connectivity index (χ0) is 13.8. The standard InChI is InChI=1S/C14H20ClN3O/c1-17(2)13-7-9-18(10-8-13)14(19)16-12-5-3-11(15)4-6-12/h3-6,13H,7-10H2,1-2H3,(H,16,19). The largest absolute Gasteiger partial charge is 0.324 e. The summed E-state index contributed by atoms with van der Waals surface area (Å²) in [5, 5.41) is 3.57. The fraction of sp³-hybridized carbons (Fsp3) is 0.500. The lowest BCUT2D eigenvalue weighted by molar-refractivity contribution is 0.156. The molecular weight excluding hydrogens is 262 g/mol. The van der Waals surface area contributed by atoms with Gasteiger partial charge in [0.1, 0.15) is 0 Å². The van der Waals surface area contributed by atoms with Crippen molar-refractivity contribution in [2.75, 3.05) is 32.5 Å². The number of amides is 2. The van der Waals surface area contributed by atoms with Crippen LogP contribution in [0.2, 0.25) is 5.02 Å². The fourth-order valence-electron chi connectivity index (χ4n) is 2.32. The van der Waals surface area contributed by atoms with Crippen LogP contribution in [0.3, 0.4) is 0 Å². The van der Waals surface area contributed by atoms with Crippen molar-refractivity contribution in [3.8, 4) is 0 Å². The van der Waals surface area contributed by atoms with E-state index in [-0.39, 0.29) is 6.03 Å². The third kappa shape index (κ3) is 3.85. The average Bonchev–Trinajstić information content (AvgIpc) is 2.41. The Hall–Kier alpha value is -1.26. The van der Waals surface area contributed by atoms with Crippen molar-refractivity contribution in [2.24, 2.45) is 0 Å². The predicted octanol–water partition coefficient (Wildman–Crippen LogP) is 2.90. The molecule has 1 aliphatic heterocycles. The Balaban J connectivity index is 1.86. The maximum absolute atomic E-state index is 12.1. The number of halogens is 1. The minimum Gasteiger partial charge on any atom is -0.324 e. The Bertz CT molecular complexity index is 425. The molecule has 0 aromatic heterocycles. The Morgan fingerprint density at radius 1 is 1.26 bits per heavy atom. The number of carbonyl (C=O) groups excluding carboxylic acids is 1. The van der Waals surface area contributed by atoms with Crippen molar-refractivity contribution in [1.82, 2.24) is 9.80 Å². The normalized spacial score (nSPS) is 16.7. The minimum atomic E-state index is -0.0282. The molecule has 0 bridgehead atoms. The van der Waals surface area contributed by atoms with Crippen LogP contribution in [0.1, 0.15) is 12.8 Å². The summed E-state index contributed by atoms with van der Waals surface area (Å²) < 4.78 is 0. The molecule has 5 heteroatoms. The number of nitrogens with one attached hydrogen (secondary N) is 1.